The first-order valence-electron chi connectivity index (χ1n) is 8.19. The number of halogens is 1. The van der Waals surface area contributed by atoms with Crippen molar-refractivity contribution in [1.82, 2.24) is 10.2 Å². The molecule has 0 saturated carbocycles. The van der Waals surface area contributed by atoms with Gasteiger partial charge in [-0.15, -0.1) is 12.4 Å². The van der Waals surface area contributed by atoms with E-state index in [-0.39, 0.29) is 35.9 Å². The second-order valence-corrected chi connectivity index (χ2v) is 8.35. The molecule has 1 aliphatic heterocycles. The van der Waals surface area contributed by atoms with E-state index in [9.17, 15) is 13.2 Å². The van der Waals surface area contributed by atoms with Gasteiger partial charge < -0.3 is 10.2 Å². The fraction of sp³-hybridized carbons (Fsp3) is 0.588. The zero-order valence-corrected chi connectivity index (χ0v) is 15.7. The average Bonchev–Trinajstić information content (AvgIpc) is 2.55. The Hall–Kier alpha value is -1.11. The summed E-state index contributed by atoms with van der Waals surface area (Å²) in [5.74, 6) is -0.591. The van der Waals surface area contributed by atoms with Crippen LogP contribution in [0.5, 0.6) is 0 Å². The standard InChI is InChI=1S/C17H26N2O3S.ClH/c1-19(16-9-11-18-12-10-16)17(20)14-23(21,22)13-5-8-15-6-3-2-4-7-15;/h2-4,6-7,16,18H,5,8-14H2,1H3;1H. The van der Waals surface area contributed by atoms with E-state index in [0.717, 1.165) is 37.9 Å². The fourth-order valence-corrected chi connectivity index (χ4v) is 4.21. The summed E-state index contributed by atoms with van der Waals surface area (Å²) >= 11 is 0. The largest absolute Gasteiger partial charge is 0.342 e. The molecule has 1 aromatic rings. The number of piperidine rings is 1. The molecular formula is C17H27ClN2O3S. The van der Waals surface area contributed by atoms with E-state index < -0.39 is 9.84 Å². The van der Waals surface area contributed by atoms with E-state index in [0.29, 0.717) is 6.42 Å². The predicted molar refractivity (Wildman–Crippen MR) is 99.3 cm³/mol. The van der Waals surface area contributed by atoms with Crippen molar-refractivity contribution in [3.05, 3.63) is 35.9 Å². The number of amides is 1. The number of sulfone groups is 1. The number of nitrogens with one attached hydrogen (secondary N) is 1. The van der Waals surface area contributed by atoms with Gasteiger partial charge in [0.1, 0.15) is 5.75 Å². The lowest BCUT2D eigenvalue weighted by atomic mass is 10.1. The lowest BCUT2D eigenvalue weighted by molar-refractivity contribution is -0.129. The first kappa shape index (κ1) is 20.9. The maximum absolute atomic E-state index is 12.2. The summed E-state index contributed by atoms with van der Waals surface area (Å²) in [6, 6.07) is 9.96. The van der Waals surface area contributed by atoms with Crippen LogP contribution in [-0.2, 0) is 21.1 Å². The molecule has 0 bridgehead atoms. The summed E-state index contributed by atoms with van der Waals surface area (Å²) in [4.78, 5) is 13.8. The van der Waals surface area contributed by atoms with Gasteiger partial charge in [-0.25, -0.2) is 8.42 Å². The smallest absolute Gasteiger partial charge is 0.237 e. The Labute approximate surface area is 151 Å². The molecule has 1 heterocycles. The topological polar surface area (TPSA) is 66.5 Å². The van der Waals surface area contributed by atoms with Gasteiger partial charge in [-0.2, -0.15) is 0 Å². The Morgan fingerprint density at radius 1 is 1.21 bits per heavy atom. The highest BCUT2D eigenvalue weighted by atomic mass is 35.5. The van der Waals surface area contributed by atoms with E-state index in [4.69, 9.17) is 0 Å². The fourth-order valence-electron chi connectivity index (χ4n) is 2.90. The van der Waals surface area contributed by atoms with Gasteiger partial charge >= 0.3 is 0 Å². The van der Waals surface area contributed by atoms with Crippen LogP contribution < -0.4 is 5.32 Å². The van der Waals surface area contributed by atoms with Crippen molar-refractivity contribution in [3.8, 4) is 0 Å². The summed E-state index contributed by atoms with van der Waals surface area (Å²) in [6.45, 7) is 1.76. The quantitative estimate of drug-likeness (QED) is 0.788. The third kappa shape index (κ3) is 6.79. The molecular weight excluding hydrogens is 348 g/mol. The number of carbonyl (C=O) groups is 1. The van der Waals surface area contributed by atoms with Crippen LogP contribution in [0.1, 0.15) is 24.8 Å². The highest BCUT2D eigenvalue weighted by molar-refractivity contribution is 7.92. The third-order valence-corrected chi connectivity index (χ3v) is 5.95. The van der Waals surface area contributed by atoms with Crippen LogP contribution in [0.2, 0.25) is 0 Å². The zero-order valence-electron chi connectivity index (χ0n) is 14.1. The van der Waals surface area contributed by atoms with Crippen molar-refractivity contribution in [2.24, 2.45) is 0 Å². The van der Waals surface area contributed by atoms with E-state index in [2.05, 4.69) is 5.32 Å². The molecule has 1 fully saturated rings. The Balaban J connectivity index is 0.00000288. The van der Waals surface area contributed by atoms with Gasteiger partial charge in [0.2, 0.25) is 5.91 Å². The van der Waals surface area contributed by atoms with Crippen molar-refractivity contribution in [2.75, 3.05) is 31.6 Å². The zero-order chi connectivity index (χ0) is 16.7. The molecule has 0 spiro atoms. The van der Waals surface area contributed by atoms with Crippen molar-refractivity contribution >= 4 is 28.2 Å². The lowest BCUT2D eigenvalue weighted by Crippen LogP contribution is -2.45. The molecule has 1 aromatic carbocycles. The van der Waals surface area contributed by atoms with E-state index >= 15 is 0 Å². The first-order chi connectivity index (χ1) is 11.0. The molecule has 1 saturated heterocycles. The maximum atomic E-state index is 12.2. The number of carbonyl (C=O) groups excluding carboxylic acids is 1. The van der Waals surface area contributed by atoms with Crippen LogP contribution in [-0.4, -0.2) is 56.9 Å². The van der Waals surface area contributed by atoms with Crippen molar-refractivity contribution in [2.45, 2.75) is 31.7 Å². The molecule has 0 aromatic heterocycles. The Kier molecular flexibility index (Phi) is 8.73. The molecule has 24 heavy (non-hydrogen) atoms. The minimum atomic E-state index is -3.34. The molecule has 0 radical (unpaired) electrons. The summed E-state index contributed by atoms with van der Waals surface area (Å²) in [6.07, 6.45) is 3.04. The van der Waals surface area contributed by atoms with Gasteiger partial charge in [-0.3, -0.25) is 4.79 Å². The van der Waals surface area contributed by atoms with Gasteiger partial charge in [0.05, 0.1) is 5.75 Å². The summed E-state index contributed by atoms with van der Waals surface area (Å²) in [5.41, 5.74) is 1.13. The third-order valence-electron chi connectivity index (χ3n) is 4.36. The second kappa shape index (κ2) is 10.0. The van der Waals surface area contributed by atoms with Gasteiger partial charge in [-0.05, 0) is 44.3 Å². The second-order valence-electron chi connectivity index (χ2n) is 6.17. The number of aryl methyl sites for hydroxylation is 1. The monoisotopic (exact) mass is 374 g/mol. The van der Waals surface area contributed by atoms with Crippen LogP contribution in [0.25, 0.3) is 0 Å². The van der Waals surface area contributed by atoms with Crippen LogP contribution in [0.4, 0.5) is 0 Å². The summed E-state index contributed by atoms with van der Waals surface area (Å²) in [5, 5.41) is 3.24. The molecule has 136 valence electrons. The van der Waals surface area contributed by atoms with E-state index in [1.165, 1.54) is 0 Å². The van der Waals surface area contributed by atoms with Crippen LogP contribution in [0.15, 0.2) is 30.3 Å². The van der Waals surface area contributed by atoms with Crippen molar-refractivity contribution in [3.63, 3.8) is 0 Å². The van der Waals surface area contributed by atoms with Gasteiger partial charge in [0.15, 0.2) is 9.84 Å². The summed E-state index contributed by atoms with van der Waals surface area (Å²) in [7, 11) is -1.62. The van der Waals surface area contributed by atoms with Gasteiger partial charge in [0.25, 0.3) is 0 Å². The van der Waals surface area contributed by atoms with Crippen molar-refractivity contribution in [1.29, 1.82) is 0 Å². The Morgan fingerprint density at radius 2 is 1.83 bits per heavy atom. The molecule has 1 aliphatic rings. The van der Waals surface area contributed by atoms with Crippen LogP contribution >= 0.6 is 12.4 Å². The molecule has 0 atom stereocenters. The number of nitrogens with zero attached hydrogens (tertiary/aromatic N) is 1. The van der Waals surface area contributed by atoms with E-state index in [1.54, 1.807) is 11.9 Å². The Morgan fingerprint density at radius 3 is 2.46 bits per heavy atom. The SMILES string of the molecule is CN(C(=O)CS(=O)(=O)CCCc1ccccc1)C1CCNCC1.Cl. The molecule has 0 unspecified atom stereocenters. The van der Waals surface area contributed by atoms with Gasteiger partial charge in [0, 0.05) is 13.1 Å². The molecule has 7 heteroatoms. The number of hydrogen-bond donors (Lipinski definition) is 1. The maximum Gasteiger partial charge on any atom is 0.237 e. The number of hydrogen-bond acceptors (Lipinski definition) is 4. The highest BCUT2D eigenvalue weighted by Crippen LogP contribution is 2.11. The van der Waals surface area contributed by atoms with Crippen molar-refractivity contribution < 1.29 is 13.2 Å². The van der Waals surface area contributed by atoms with Crippen LogP contribution in [0.3, 0.4) is 0 Å². The first-order valence-corrected chi connectivity index (χ1v) is 10.0. The molecule has 5 nitrogen and oxygen atoms in total. The minimum Gasteiger partial charge on any atom is -0.342 e. The normalized spacial score (nSPS) is 15.5. The lowest BCUT2D eigenvalue weighted by Gasteiger charge is -2.31. The molecule has 1 amide bonds. The van der Waals surface area contributed by atoms with E-state index in [1.807, 2.05) is 30.3 Å². The number of benzene rings is 1. The highest BCUT2D eigenvalue weighted by Gasteiger charge is 2.25. The number of rotatable bonds is 7. The van der Waals surface area contributed by atoms with Gasteiger partial charge in [-0.1, -0.05) is 30.3 Å². The predicted octanol–water partition coefficient (Wildman–Crippen LogP) is 1.67. The minimum absolute atomic E-state index is 0. The average molecular weight is 375 g/mol. The van der Waals surface area contributed by atoms with Crippen LogP contribution in [0, 0.1) is 0 Å². The Bertz CT molecular complexity index is 602. The molecule has 2 rings (SSSR count). The molecule has 1 N–H and O–H groups in total. The molecule has 0 aliphatic carbocycles. The summed E-state index contributed by atoms with van der Waals surface area (Å²) < 4.78 is 24.3.